The van der Waals surface area contributed by atoms with Crippen LogP contribution in [0.4, 0.5) is 5.69 Å². The Bertz CT molecular complexity index is 750. The lowest BCUT2D eigenvalue weighted by Crippen LogP contribution is -2.37. The van der Waals surface area contributed by atoms with Crippen LogP contribution in [0.5, 0.6) is 0 Å². The average molecular weight is 350 g/mol. The molecule has 0 aromatic heterocycles. The molecule has 0 unspecified atom stereocenters. The Morgan fingerprint density at radius 3 is 2.38 bits per heavy atom. The highest BCUT2D eigenvalue weighted by molar-refractivity contribution is 5.97. The van der Waals surface area contributed by atoms with Crippen molar-refractivity contribution in [3.63, 3.8) is 0 Å². The molecular weight excluding hydrogens is 324 g/mol. The van der Waals surface area contributed by atoms with E-state index in [0.29, 0.717) is 23.6 Å². The van der Waals surface area contributed by atoms with Crippen molar-refractivity contribution in [2.75, 3.05) is 5.32 Å². The molecule has 2 amide bonds. The summed E-state index contributed by atoms with van der Waals surface area (Å²) in [5.41, 5.74) is 2.65. The van der Waals surface area contributed by atoms with E-state index in [4.69, 9.17) is 0 Å². The van der Waals surface area contributed by atoms with E-state index < -0.39 is 0 Å². The zero-order valence-corrected chi connectivity index (χ0v) is 15.2. The normalized spacial score (nSPS) is 19.6. The Morgan fingerprint density at radius 1 is 0.962 bits per heavy atom. The van der Waals surface area contributed by atoms with Crippen molar-refractivity contribution in [2.45, 2.75) is 51.0 Å². The van der Waals surface area contributed by atoms with E-state index >= 15 is 0 Å². The number of rotatable bonds is 5. The van der Waals surface area contributed by atoms with Gasteiger partial charge in [-0.05, 0) is 55.4 Å². The van der Waals surface area contributed by atoms with E-state index in [1.54, 1.807) is 31.2 Å². The van der Waals surface area contributed by atoms with Gasteiger partial charge in [-0.2, -0.15) is 0 Å². The number of hydrogen-bond acceptors (Lipinski definition) is 2. The predicted octanol–water partition coefficient (Wildman–Crippen LogP) is 4.49. The molecule has 0 bridgehead atoms. The molecule has 2 aromatic rings. The fraction of sp³-hybridized carbons (Fsp3) is 0.364. The van der Waals surface area contributed by atoms with Gasteiger partial charge < -0.3 is 10.6 Å². The number of anilines is 1. The van der Waals surface area contributed by atoms with Crippen LogP contribution < -0.4 is 10.6 Å². The summed E-state index contributed by atoms with van der Waals surface area (Å²) in [6, 6.07) is 18.0. The highest BCUT2D eigenvalue weighted by atomic mass is 16.2. The number of carbonyl (C=O) groups excluding carboxylic acids is 2. The first-order chi connectivity index (χ1) is 12.7. The van der Waals surface area contributed by atoms with Crippen LogP contribution in [0.15, 0.2) is 54.6 Å². The van der Waals surface area contributed by atoms with Crippen molar-refractivity contribution in [2.24, 2.45) is 0 Å². The standard InChI is InChI=1S/C22H26N2O2/c1-2-21(25)23-20-10-6-9-18(15-20)22(26)24-19-13-11-17(12-14-19)16-7-4-3-5-8-16/h3-10,15,17,19H,2,11-14H2,1H3,(H,23,25)(H,24,26). The monoisotopic (exact) mass is 350 g/mol. The van der Waals surface area contributed by atoms with Crippen molar-refractivity contribution in [3.8, 4) is 0 Å². The van der Waals surface area contributed by atoms with Gasteiger partial charge in [0, 0.05) is 23.7 Å². The molecule has 0 saturated heterocycles. The summed E-state index contributed by atoms with van der Waals surface area (Å²) in [6.07, 6.45) is 4.61. The van der Waals surface area contributed by atoms with Crippen molar-refractivity contribution in [1.29, 1.82) is 0 Å². The quantitative estimate of drug-likeness (QED) is 0.834. The van der Waals surface area contributed by atoms with Crippen LogP contribution in [-0.2, 0) is 4.79 Å². The maximum absolute atomic E-state index is 12.5. The van der Waals surface area contributed by atoms with Gasteiger partial charge in [0.2, 0.25) is 5.91 Å². The van der Waals surface area contributed by atoms with Gasteiger partial charge in [-0.25, -0.2) is 0 Å². The summed E-state index contributed by atoms with van der Waals surface area (Å²) >= 11 is 0. The molecular formula is C22H26N2O2. The number of amides is 2. The molecule has 0 atom stereocenters. The maximum Gasteiger partial charge on any atom is 0.251 e. The Hall–Kier alpha value is -2.62. The first-order valence-electron chi connectivity index (χ1n) is 9.41. The van der Waals surface area contributed by atoms with Crippen LogP contribution in [0.1, 0.15) is 60.9 Å². The Kier molecular flexibility index (Phi) is 6.05. The molecule has 4 nitrogen and oxygen atoms in total. The number of hydrogen-bond donors (Lipinski definition) is 2. The Labute approximate surface area is 155 Å². The molecule has 1 aliphatic carbocycles. The first kappa shape index (κ1) is 18.2. The minimum atomic E-state index is -0.0687. The Morgan fingerprint density at radius 2 is 1.69 bits per heavy atom. The van der Waals surface area contributed by atoms with Gasteiger partial charge in [0.15, 0.2) is 0 Å². The molecule has 2 N–H and O–H groups in total. The van der Waals surface area contributed by atoms with Gasteiger partial charge >= 0.3 is 0 Å². The third-order valence-electron chi connectivity index (χ3n) is 5.06. The van der Waals surface area contributed by atoms with E-state index in [1.165, 1.54) is 5.56 Å². The van der Waals surface area contributed by atoms with Gasteiger partial charge in [0.05, 0.1) is 0 Å². The summed E-state index contributed by atoms with van der Waals surface area (Å²) in [6.45, 7) is 1.80. The smallest absolute Gasteiger partial charge is 0.251 e. The van der Waals surface area contributed by atoms with Crippen LogP contribution in [0.3, 0.4) is 0 Å². The van der Waals surface area contributed by atoms with Crippen LogP contribution >= 0.6 is 0 Å². The van der Waals surface area contributed by atoms with E-state index in [9.17, 15) is 9.59 Å². The van der Waals surface area contributed by atoms with Crippen molar-refractivity contribution >= 4 is 17.5 Å². The fourth-order valence-corrected chi connectivity index (χ4v) is 3.55. The molecule has 4 heteroatoms. The fourth-order valence-electron chi connectivity index (χ4n) is 3.55. The molecule has 0 spiro atoms. The van der Waals surface area contributed by atoms with E-state index in [0.717, 1.165) is 25.7 Å². The SMILES string of the molecule is CCC(=O)Nc1cccc(C(=O)NC2CCC(c3ccccc3)CC2)c1. The Balaban J connectivity index is 1.54. The van der Waals surface area contributed by atoms with Gasteiger partial charge in [0.1, 0.15) is 0 Å². The van der Waals surface area contributed by atoms with Crippen LogP contribution in [0.2, 0.25) is 0 Å². The lowest BCUT2D eigenvalue weighted by Gasteiger charge is -2.29. The predicted molar refractivity (Wildman–Crippen MR) is 104 cm³/mol. The first-order valence-corrected chi connectivity index (χ1v) is 9.41. The third kappa shape index (κ3) is 4.72. The summed E-state index contributed by atoms with van der Waals surface area (Å²) in [7, 11) is 0. The number of nitrogens with one attached hydrogen (secondary N) is 2. The second-order valence-electron chi connectivity index (χ2n) is 6.92. The van der Waals surface area contributed by atoms with Crippen molar-refractivity contribution < 1.29 is 9.59 Å². The molecule has 0 heterocycles. The zero-order valence-electron chi connectivity index (χ0n) is 15.2. The van der Waals surface area contributed by atoms with Crippen LogP contribution in [-0.4, -0.2) is 17.9 Å². The minimum Gasteiger partial charge on any atom is -0.349 e. The topological polar surface area (TPSA) is 58.2 Å². The van der Waals surface area contributed by atoms with E-state index in [-0.39, 0.29) is 17.9 Å². The molecule has 0 radical (unpaired) electrons. The van der Waals surface area contributed by atoms with Crippen LogP contribution in [0.25, 0.3) is 0 Å². The van der Waals surface area contributed by atoms with Gasteiger partial charge in [-0.1, -0.05) is 43.3 Å². The number of carbonyl (C=O) groups is 2. The molecule has 1 aliphatic rings. The summed E-state index contributed by atoms with van der Waals surface area (Å²) in [4.78, 5) is 24.1. The average Bonchev–Trinajstić information content (AvgIpc) is 2.69. The molecule has 1 saturated carbocycles. The summed E-state index contributed by atoms with van der Waals surface area (Å²) in [5, 5.41) is 5.95. The highest BCUT2D eigenvalue weighted by Gasteiger charge is 2.23. The van der Waals surface area contributed by atoms with Crippen LogP contribution in [0, 0.1) is 0 Å². The van der Waals surface area contributed by atoms with Gasteiger partial charge in [-0.15, -0.1) is 0 Å². The molecule has 3 rings (SSSR count). The van der Waals surface area contributed by atoms with Gasteiger partial charge in [-0.3, -0.25) is 9.59 Å². The zero-order chi connectivity index (χ0) is 18.4. The summed E-state index contributed by atoms with van der Waals surface area (Å²) in [5.74, 6) is 0.472. The van der Waals surface area contributed by atoms with Crippen molar-refractivity contribution in [1.82, 2.24) is 5.32 Å². The second kappa shape index (κ2) is 8.65. The lowest BCUT2D eigenvalue weighted by atomic mass is 9.82. The lowest BCUT2D eigenvalue weighted by molar-refractivity contribution is -0.115. The molecule has 26 heavy (non-hydrogen) atoms. The summed E-state index contributed by atoms with van der Waals surface area (Å²) < 4.78 is 0. The van der Waals surface area contributed by atoms with E-state index in [1.807, 2.05) is 6.07 Å². The van der Waals surface area contributed by atoms with Gasteiger partial charge in [0.25, 0.3) is 5.91 Å². The molecule has 1 fully saturated rings. The highest BCUT2D eigenvalue weighted by Crippen LogP contribution is 2.32. The molecule has 2 aromatic carbocycles. The maximum atomic E-state index is 12.5. The van der Waals surface area contributed by atoms with Crippen molar-refractivity contribution in [3.05, 3.63) is 65.7 Å². The minimum absolute atomic E-state index is 0.0539. The molecule has 0 aliphatic heterocycles. The molecule has 136 valence electrons. The number of benzene rings is 2. The third-order valence-corrected chi connectivity index (χ3v) is 5.06. The largest absolute Gasteiger partial charge is 0.349 e. The second-order valence-corrected chi connectivity index (χ2v) is 6.92. The van der Waals surface area contributed by atoms with E-state index in [2.05, 4.69) is 34.9 Å².